The average Bonchev–Trinajstić information content (AvgIpc) is 2.55. The molecule has 5 heteroatoms. The molecular weight excluding hydrogens is 297 g/mol. The van der Waals surface area contributed by atoms with Crippen LogP contribution in [-0.2, 0) is 11.3 Å². The first-order chi connectivity index (χ1) is 11.0. The van der Waals surface area contributed by atoms with Crippen LogP contribution in [0.1, 0.15) is 11.1 Å². The second-order valence-electron chi connectivity index (χ2n) is 5.32. The highest BCUT2D eigenvalue weighted by Gasteiger charge is 2.12. The molecule has 0 aliphatic carbocycles. The summed E-state index contributed by atoms with van der Waals surface area (Å²) < 4.78 is 23.7. The van der Waals surface area contributed by atoms with Crippen LogP contribution >= 0.6 is 0 Å². The Morgan fingerprint density at radius 3 is 2.48 bits per heavy atom. The molecule has 122 valence electrons. The maximum atomic E-state index is 12.9. The Bertz CT molecular complexity index is 670. The summed E-state index contributed by atoms with van der Waals surface area (Å²) in [6.07, 6.45) is 0. The van der Waals surface area contributed by atoms with Gasteiger partial charge in [-0.25, -0.2) is 4.39 Å². The standard InChI is InChI=1S/C18H20FNO3/c1-13-4-9-16(17(10-13)22-3)23-12-18(21)20(2)11-14-5-7-15(19)8-6-14/h4-10H,11-12H2,1-3H3. The largest absolute Gasteiger partial charge is 0.493 e. The molecule has 0 heterocycles. The van der Waals surface area contributed by atoms with Crippen LogP contribution in [-0.4, -0.2) is 31.6 Å². The summed E-state index contributed by atoms with van der Waals surface area (Å²) in [7, 11) is 3.24. The molecule has 0 bridgehead atoms. The number of nitrogens with zero attached hydrogens (tertiary/aromatic N) is 1. The van der Waals surface area contributed by atoms with Gasteiger partial charge in [0.2, 0.25) is 0 Å². The lowest BCUT2D eigenvalue weighted by atomic mass is 10.2. The first kappa shape index (κ1) is 16.8. The highest BCUT2D eigenvalue weighted by atomic mass is 19.1. The van der Waals surface area contributed by atoms with Crippen LogP contribution in [0, 0.1) is 12.7 Å². The molecule has 0 aliphatic heterocycles. The second-order valence-corrected chi connectivity index (χ2v) is 5.32. The van der Waals surface area contributed by atoms with Gasteiger partial charge in [-0.3, -0.25) is 4.79 Å². The van der Waals surface area contributed by atoms with E-state index in [1.807, 2.05) is 19.1 Å². The lowest BCUT2D eigenvalue weighted by molar-refractivity contribution is -0.132. The Labute approximate surface area is 135 Å². The van der Waals surface area contributed by atoms with Gasteiger partial charge in [-0.1, -0.05) is 18.2 Å². The molecule has 0 aliphatic rings. The molecule has 23 heavy (non-hydrogen) atoms. The van der Waals surface area contributed by atoms with Crippen molar-refractivity contribution >= 4 is 5.91 Å². The van der Waals surface area contributed by atoms with Gasteiger partial charge in [0.1, 0.15) is 5.82 Å². The molecule has 0 saturated heterocycles. The number of hydrogen-bond donors (Lipinski definition) is 0. The number of ether oxygens (including phenoxy) is 2. The van der Waals surface area contributed by atoms with E-state index in [9.17, 15) is 9.18 Å². The zero-order valence-corrected chi connectivity index (χ0v) is 13.5. The van der Waals surface area contributed by atoms with Crippen molar-refractivity contribution in [3.63, 3.8) is 0 Å². The molecule has 0 fully saturated rings. The van der Waals surface area contributed by atoms with E-state index >= 15 is 0 Å². The van der Waals surface area contributed by atoms with E-state index in [1.165, 1.54) is 17.0 Å². The number of halogens is 1. The summed E-state index contributed by atoms with van der Waals surface area (Å²) in [6, 6.07) is 11.6. The summed E-state index contributed by atoms with van der Waals surface area (Å²) >= 11 is 0. The van der Waals surface area contributed by atoms with Gasteiger partial charge in [-0.2, -0.15) is 0 Å². The van der Waals surface area contributed by atoms with Gasteiger partial charge < -0.3 is 14.4 Å². The fourth-order valence-electron chi connectivity index (χ4n) is 2.10. The molecule has 0 saturated carbocycles. The van der Waals surface area contributed by atoms with E-state index in [0.717, 1.165) is 11.1 Å². The van der Waals surface area contributed by atoms with E-state index < -0.39 is 0 Å². The van der Waals surface area contributed by atoms with Crippen molar-refractivity contribution in [3.8, 4) is 11.5 Å². The number of likely N-dealkylation sites (N-methyl/N-ethyl adjacent to an activating group) is 1. The number of aryl methyl sites for hydroxylation is 1. The number of methoxy groups -OCH3 is 1. The number of benzene rings is 2. The fraction of sp³-hybridized carbons (Fsp3) is 0.278. The zero-order valence-electron chi connectivity index (χ0n) is 13.5. The lowest BCUT2D eigenvalue weighted by Gasteiger charge is -2.18. The quantitative estimate of drug-likeness (QED) is 0.821. The van der Waals surface area contributed by atoms with Crippen molar-refractivity contribution in [2.24, 2.45) is 0 Å². The fourth-order valence-corrected chi connectivity index (χ4v) is 2.10. The lowest BCUT2D eigenvalue weighted by Crippen LogP contribution is -2.31. The molecule has 2 aromatic carbocycles. The molecule has 1 amide bonds. The number of rotatable bonds is 6. The summed E-state index contributed by atoms with van der Waals surface area (Å²) in [6.45, 7) is 2.26. The number of carbonyl (C=O) groups excluding carboxylic acids is 1. The molecule has 2 rings (SSSR count). The average molecular weight is 317 g/mol. The van der Waals surface area contributed by atoms with Crippen molar-refractivity contribution in [1.82, 2.24) is 4.90 Å². The maximum absolute atomic E-state index is 12.9. The van der Waals surface area contributed by atoms with E-state index in [2.05, 4.69) is 0 Å². The van der Waals surface area contributed by atoms with Gasteiger partial charge in [-0.15, -0.1) is 0 Å². The van der Waals surface area contributed by atoms with Crippen LogP contribution < -0.4 is 9.47 Å². The van der Waals surface area contributed by atoms with Gasteiger partial charge in [0.05, 0.1) is 7.11 Å². The van der Waals surface area contributed by atoms with Crippen LogP contribution in [0.15, 0.2) is 42.5 Å². The van der Waals surface area contributed by atoms with E-state index in [0.29, 0.717) is 18.0 Å². The summed E-state index contributed by atoms with van der Waals surface area (Å²) in [5, 5.41) is 0. The summed E-state index contributed by atoms with van der Waals surface area (Å²) in [5.74, 6) is 0.662. The molecular formula is C18H20FNO3. The summed E-state index contributed by atoms with van der Waals surface area (Å²) in [4.78, 5) is 13.7. The number of carbonyl (C=O) groups is 1. The molecule has 0 radical (unpaired) electrons. The predicted octanol–water partition coefficient (Wildman–Crippen LogP) is 3.18. The maximum Gasteiger partial charge on any atom is 0.260 e. The Morgan fingerprint density at radius 1 is 1.13 bits per heavy atom. The molecule has 0 spiro atoms. The predicted molar refractivity (Wildman–Crippen MR) is 86.1 cm³/mol. The van der Waals surface area contributed by atoms with Gasteiger partial charge in [-0.05, 0) is 42.3 Å². The van der Waals surface area contributed by atoms with Gasteiger partial charge >= 0.3 is 0 Å². The first-order valence-electron chi connectivity index (χ1n) is 7.25. The third-order valence-corrected chi connectivity index (χ3v) is 3.43. The van der Waals surface area contributed by atoms with E-state index in [1.54, 1.807) is 32.4 Å². The number of amides is 1. The molecule has 4 nitrogen and oxygen atoms in total. The minimum absolute atomic E-state index is 0.0862. The Hall–Kier alpha value is -2.56. The van der Waals surface area contributed by atoms with Crippen LogP contribution in [0.3, 0.4) is 0 Å². The van der Waals surface area contributed by atoms with E-state index in [-0.39, 0.29) is 18.3 Å². The Morgan fingerprint density at radius 2 is 1.83 bits per heavy atom. The molecule has 0 atom stereocenters. The van der Waals surface area contributed by atoms with Crippen molar-refractivity contribution in [3.05, 3.63) is 59.4 Å². The SMILES string of the molecule is COc1cc(C)ccc1OCC(=O)N(C)Cc1ccc(F)cc1. The highest BCUT2D eigenvalue weighted by Crippen LogP contribution is 2.27. The first-order valence-corrected chi connectivity index (χ1v) is 7.25. The minimum Gasteiger partial charge on any atom is -0.493 e. The zero-order chi connectivity index (χ0) is 16.8. The van der Waals surface area contributed by atoms with E-state index in [4.69, 9.17) is 9.47 Å². The molecule has 2 aromatic rings. The van der Waals surface area contributed by atoms with Gasteiger partial charge in [0, 0.05) is 13.6 Å². The van der Waals surface area contributed by atoms with Crippen LogP contribution in [0.25, 0.3) is 0 Å². The van der Waals surface area contributed by atoms with Crippen LogP contribution in [0.5, 0.6) is 11.5 Å². The Balaban J connectivity index is 1.92. The van der Waals surface area contributed by atoms with Crippen molar-refractivity contribution < 1.29 is 18.7 Å². The third kappa shape index (κ3) is 4.71. The molecule has 0 aromatic heterocycles. The van der Waals surface area contributed by atoms with Gasteiger partial charge in [0.15, 0.2) is 18.1 Å². The molecule has 0 unspecified atom stereocenters. The summed E-state index contributed by atoms with van der Waals surface area (Å²) in [5.41, 5.74) is 1.91. The third-order valence-electron chi connectivity index (χ3n) is 3.43. The second kappa shape index (κ2) is 7.63. The smallest absolute Gasteiger partial charge is 0.260 e. The van der Waals surface area contributed by atoms with Crippen molar-refractivity contribution in [2.45, 2.75) is 13.5 Å². The van der Waals surface area contributed by atoms with Crippen LogP contribution in [0.4, 0.5) is 4.39 Å². The Kier molecular flexibility index (Phi) is 5.57. The topological polar surface area (TPSA) is 38.8 Å². The van der Waals surface area contributed by atoms with Crippen LogP contribution in [0.2, 0.25) is 0 Å². The van der Waals surface area contributed by atoms with Crippen molar-refractivity contribution in [2.75, 3.05) is 20.8 Å². The monoisotopic (exact) mass is 317 g/mol. The van der Waals surface area contributed by atoms with Gasteiger partial charge in [0.25, 0.3) is 5.91 Å². The number of hydrogen-bond acceptors (Lipinski definition) is 3. The minimum atomic E-state index is -0.294. The highest BCUT2D eigenvalue weighted by molar-refractivity contribution is 5.77. The van der Waals surface area contributed by atoms with Crippen molar-refractivity contribution in [1.29, 1.82) is 0 Å². The normalized spacial score (nSPS) is 10.3. The molecule has 0 N–H and O–H groups in total.